The number of hydrogen-bond acceptors (Lipinski definition) is 5. The molecule has 1 unspecified atom stereocenters. The maximum atomic E-state index is 12.9. The fraction of sp³-hybridized carbons (Fsp3) is 0.583. The minimum Gasteiger partial charge on any atom is -0.441 e. The van der Waals surface area contributed by atoms with E-state index in [4.69, 9.17) is 4.74 Å². The topological polar surface area (TPSA) is 114 Å². The number of ether oxygens (including phenoxy) is 1. The monoisotopic (exact) mass is 445 g/mol. The lowest BCUT2D eigenvalue weighted by Gasteiger charge is -2.24. The zero-order valence-corrected chi connectivity index (χ0v) is 19.1. The van der Waals surface area contributed by atoms with Crippen LogP contribution in [0.15, 0.2) is 30.3 Å². The smallest absolute Gasteiger partial charge is 0.408 e. The third kappa shape index (κ3) is 7.98. The van der Waals surface area contributed by atoms with Gasteiger partial charge in [-0.2, -0.15) is 0 Å². The molecule has 32 heavy (non-hydrogen) atoms. The second-order valence-corrected chi connectivity index (χ2v) is 8.68. The summed E-state index contributed by atoms with van der Waals surface area (Å²) in [5, 5.41) is 8.08. The predicted molar refractivity (Wildman–Crippen MR) is 121 cm³/mol. The summed E-state index contributed by atoms with van der Waals surface area (Å²) in [7, 11) is 0. The molecule has 1 fully saturated rings. The van der Waals surface area contributed by atoms with Crippen LogP contribution in [0.3, 0.4) is 0 Å². The third-order valence-electron chi connectivity index (χ3n) is 5.48. The average molecular weight is 446 g/mol. The quantitative estimate of drug-likeness (QED) is 0.428. The van der Waals surface area contributed by atoms with Crippen molar-refractivity contribution in [2.45, 2.75) is 71.1 Å². The highest BCUT2D eigenvalue weighted by atomic mass is 16.6. The van der Waals surface area contributed by atoms with Crippen molar-refractivity contribution < 1.29 is 23.9 Å². The Morgan fingerprint density at radius 3 is 2.50 bits per heavy atom. The van der Waals surface area contributed by atoms with E-state index >= 15 is 0 Å². The summed E-state index contributed by atoms with van der Waals surface area (Å²) in [6.07, 6.45) is 2.32. The Kier molecular flexibility index (Phi) is 10.2. The summed E-state index contributed by atoms with van der Waals surface area (Å²) in [5.74, 6) is -0.734. The number of carbonyl (C=O) groups excluding carboxylic acids is 4. The maximum absolute atomic E-state index is 12.9. The van der Waals surface area contributed by atoms with Crippen LogP contribution >= 0.6 is 0 Å². The van der Waals surface area contributed by atoms with E-state index in [0.717, 1.165) is 12.0 Å². The number of amides is 3. The van der Waals surface area contributed by atoms with Gasteiger partial charge in [-0.1, -0.05) is 57.5 Å². The van der Waals surface area contributed by atoms with E-state index in [2.05, 4.69) is 16.0 Å². The molecule has 0 aromatic heterocycles. The van der Waals surface area contributed by atoms with Crippen LogP contribution in [-0.4, -0.2) is 42.8 Å². The van der Waals surface area contributed by atoms with Gasteiger partial charge in [-0.3, -0.25) is 9.59 Å². The van der Waals surface area contributed by atoms with Gasteiger partial charge in [0.25, 0.3) is 0 Å². The molecule has 0 spiro atoms. The summed E-state index contributed by atoms with van der Waals surface area (Å²) >= 11 is 0. The Morgan fingerprint density at radius 1 is 1.22 bits per heavy atom. The molecule has 4 atom stereocenters. The second kappa shape index (κ2) is 12.8. The fourth-order valence-electron chi connectivity index (χ4n) is 3.84. The Bertz CT molecular complexity index is 768. The molecule has 3 amide bonds. The summed E-state index contributed by atoms with van der Waals surface area (Å²) in [4.78, 5) is 48.8. The van der Waals surface area contributed by atoms with Gasteiger partial charge in [0.05, 0.1) is 6.04 Å². The number of rotatable bonds is 12. The first-order chi connectivity index (χ1) is 15.3. The van der Waals surface area contributed by atoms with Crippen LogP contribution in [0.1, 0.15) is 64.5 Å². The average Bonchev–Trinajstić information content (AvgIpc) is 3.17. The van der Waals surface area contributed by atoms with E-state index in [9.17, 15) is 19.2 Å². The Labute approximate surface area is 189 Å². The van der Waals surface area contributed by atoms with Gasteiger partial charge < -0.3 is 25.5 Å². The van der Waals surface area contributed by atoms with Crippen LogP contribution in [-0.2, 0) is 19.1 Å². The van der Waals surface area contributed by atoms with Gasteiger partial charge >= 0.3 is 6.09 Å². The van der Waals surface area contributed by atoms with Crippen molar-refractivity contribution in [2.24, 2.45) is 11.8 Å². The molecule has 0 saturated carbocycles. The summed E-state index contributed by atoms with van der Waals surface area (Å²) in [6, 6.07) is 7.84. The third-order valence-corrected chi connectivity index (χ3v) is 5.48. The Morgan fingerprint density at radius 2 is 1.94 bits per heavy atom. The molecule has 1 heterocycles. The van der Waals surface area contributed by atoms with Crippen molar-refractivity contribution in [3.63, 3.8) is 0 Å². The van der Waals surface area contributed by atoms with E-state index in [1.807, 2.05) is 51.1 Å². The first-order valence-electron chi connectivity index (χ1n) is 11.4. The zero-order chi connectivity index (χ0) is 23.5. The van der Waals surface area contributed by atoms with E-state index in [0.29, 0.717) is 32.1 Å². The largest absolute Gasteiger partial charge is 0.441 e. The highest BCUT2D eigenvalue weighted by Gasteiger charge is 2.30. The first-order valence-corrected chi connectivity index (χ1v) is 11.4. The molecule has 1 aliphatic heterocycles. The van der Waals surface area contributed by atoms with Gasteiger partial charge in [-0.25, -0.2) is 4.79 Å². The molecule has 2 rings (SSSR count). The molecule has 1 aliphatic rings. The highest BCUT2D eigenvalue weighted by Crippen LogP contribution is 2.23. The molecule has 0 radical (unpaired) electrons. The van der Waals surface area contributed by atoms with Gasteiger partial charge in [0.15, 0.2) is 0 Å². The van der Waals surface area contributed by atoms with Gasteiger partial charge in [0.1, 0.15) is 18.4 Å². The van der Waals surface area contributed by atoms with E-state index in [1.54, 1.807) is 0 Å². The first kappa shape index (κ1) is 25.4. The highest BCUT2D eigenvalue weighted by molar-refractivity contribution is 5.88. The summed E-state index contributed by atoms with van der Waals surface area (Å²) in [6.45, 7) is 6.47. The van der Waals surface area contributed by atoms with Crippen molar-refractivity contribution in [2.75, 3.05) is 6.54 Å². The normalized spacial score (nSPS) is 18.4. The number of hydrogen-bond donors (Lipinski definition) is 3. The minimum absolute atomic E-state index is 0.102. The molecule has 176 valence electrons. The lowest BCUT2D eigenvalue weighted by Crippen LogP contribution is -2.51. The van der Waals surface area contributed by atoms with E-state index in [-0.39, 0.29) is 24.2 Å². The number of alkyl carbamates (subject to hydrolysis) is 1. The van der Waals surface area contributed by atoms with Gasteiger partial charge in [-0.05, 0) is 37.2 Å². The van der Waals surface area contributed by atoms with Crippen LogP contribution in [0.4, 0.5) is 4.79 Å². The van der Waals surface area contributed by atoms with Gasteiger partial charge in [0, 0.05) is 12.5 Å². The maximum Gasteiger partial charge on any atom is 0.408 e. The van der Waals surface area contributed by atoms with Crippen LogP contribution in [0.5, 0.6) is 0 Å². The van der Waals surface area contributed by atoms with Crippen LogP contribution in [0, 0.1) is 11.8 Å². The van der Waals surface area contributed by atoms with Crippen LogP contribution in [0.25, 0.3) is 0 Å². The predicted octanol–water partition coefficient (Wildman–Crippen LogP) is 2.88. The lowest BCUT2D eigenvalue weighted by molar-refractivity contribution is -0.127. The van der Waals surface area contributed by atoms with Gasteiger partial charge in [-0.15, -0.1) is 0 Å². The van der Waals surface area contributed by atoms with Crippen molar-refractivity contribution in [1.29, 1.82) is 0 Å². The zero-order valence-electron chi connectivity index (χ0n) is 19.1. The van der Waals surface area contributed by atoms with E-state index in [1.165, 1.54) is 0 Å². The van der Waals surface area contributed by atoms with Crippen LogP contribution < -0.4 is 16.0 Å². The number of aldehydes is 1. The lowest BCUT2D eigenvalue weighted by atomic mass is 9.98. The van der Waals surface area contributed by atoms with Gasteiger partial charge in [0.2, 0.25) is 11.8 Å². The fourth-order valence-corrected chi connectivity index (χ4v) is 3.84. The molecule has 1 aromatic rings. The van der Waals surface area contributed by atoms with Crippen molar-refractivity contribution in [3.8, 4) is 0 Å². The molecule has 0 bridgehead atoms. The molecule has 1 aromatic carbocycles. The van der Waals surface area contributed by atoms with Crippen LogP contribution in [0.2, 0.25) is 0 Å². The molecule has 3 N–H and O–H groups in total. The molecule has 8 nitrogen and oxygen atoms in total. The van der Waals surface area contributed by atoms with E-state index < -0.39 is 30.2 Å². The summed E-state index contributed by atoms with van der Waals surface area (Å²) < 4.78 is 5.64. The van der Waals surface area contributed by atoms with Crippen molar-refractivity contribution >= 4 is 24.2 Å². The SMILES string of the molecule is CCCC(OC(=O)N[C@@H](CC(C)C)C(=O)N[C@H](C=O)C[C@@H]1CCNC1=O)c1ccccc1. The number of benzene rings is 1. The second-order valence-electron chi connectivity index (χ2n) is 8.68. The number of nitrogens with one attached hydrogen (secondary N) is 3. The molecular weight excluding hydrogens is 410 g/mol. The molecule has 8 heteroatoms. The molecule has 0 aliphatic carbocycles. The van der Waals surface area contributed by atoms with Crippen molar-refractivity contribution in [1.82, 2.24) is 16.0 Å². The molecular formula is C24H35N3O5. The molecule has 1 saturated heterocycles. The number of carbonyl (C=O) groups is 4. The Balaban J connectivity index is 2.00. The minimum atomic E-state index is -0.847. The Hall–Kier alpha value is -2.90. The standard InChI is InChI=1S/C24H35N3O5/c1-4-8-21(17-9-6-5-7-10-17)32-24(31)27-20(13-16(2)3)23(30)26-19(15-28)14-18-11-12-25-22(18)29/h5-7,9-10,15-16,18-21H,4,8,11-14H2,1-3H3,(H,25,29)(H,26,30)(H,27,31)/t18-,19-,20-,21?/m0/s1. The van der Waals surface area contributed by atoms with Crippen molar-refractivity contribution in [3.05, 3.63) is 35.9 Å². The summed E-state index contributed by atoms with van der Waals surface area (Å²) in [5.41, 5.74) is 0.894.